The molecular weight excluding hydrogens is 276 g/mol. The summed E-state index contributed by atoms with van der Waals surface area (Å²) in [5.41, 5.74) is 3.95. The summed E-state index contributed by atoms with van der Waals surface area (Å²) in [5, 5.41) is 9.16. The number of aliphatic hydroxyl groups excluding tert-OH is 1. The summed E-state index contributed by atoms with van der Waals surface area (Å²) in [5.74, 6) is 0.971. The van der Waals surface area contributed by atoms with Crippen LogP contribution in [0.5, 0.6) is 0 Å². The lowest BCUT2D eigenvalue weighted by Gasteiger charge is -2.16. The molecule has 1 saturated heterocycles. The molecule has 22 heavy (non-hydrogen) atoms. The van der Waals surface area contributed by atoms with Gasteiger partial charge in [-0.1, -0.05) is 24.3 Å². The second-order valence-electron chi connectivity index (χ2n) is 5.64. The van der Waals surface area contributed by atoms with Gasteiger partial charge in [-0.25, -0.2) is 9.97 Å². The molecule has 0 spiro atoms. The van der Waals surface area contributed by atoms with Crippen LogP contribution in [-0.4, -0.2) is 32.6 Å². The number of anilines is 1. The fourth-order valence-electron chi connectivity index (χ4n) is 3.05. The van der Waals surface area contributed by atoms with Gasteiger partial charge in [-0.05, 0) is 18.4 Å². The van der Waals surface area contributed by atoms with Crippen molar-refractivity contribution in [2.24, 2.45) is 0 Å². The molecule has 1 fully saturated rings. The third-order valence-electron chi connectivity index (χ3n) is 4.25. The van der Waals surface area contributed by atoms with Crippen LogP contribution in [-0.2, 0) is 6.61 Å². The summed E-state index contributed by atoms with van der Waals surface area (Å²) in [6.07, 6.45) is 8.13. The van der Waals surface area contributed by atoms with E-state index in [-0.39, 0.29) is 6.61 Å². The number of aliphatic hydroxyl groups is 1. The van der Waals surface area contributed by atoms with Gasteiger partial charge in [-0.3, -0.25) is 4.40 Å². The van der Waals surface area contributed by atoms with Crippen LogP contribution in [0.15, 0.2) is 42.9 Å². The fraction of sp³-hybridized carbons (Fsp3) is 0.294. The van der Waals surface area contributed by atoms with Crippen LogP contribution in [0.3, 0.4) is 0 Å². The van der Waals surface area contributed by atoms with Crippen molar-refractivity contribution in [1.29, 1.82) is 0 Å². The normalized spacial score (nSPS) is 14.9. The van der Waals surface area contributed by atoms with Crippen LogP contribution >= 0.6 is 0 Å². The fourth-order valence-corrected chi connectivity index (χ4v) is 3.05. The van der Waals surface area contributed by atoms with Crippen molar-refractivity contribution in [2.45, 2.75) is 19.4 Å². The Bertz CT molecular complexity index is 788. The Hall–Kier alpha value is -2.40. The van der Waals surface area contributed by atoms with Crippen molar-refractivity contribution in [3.63, 3.8) is 0 Å². The summed E-state index contributed by atoms with van der Waals surface area (Å²) in [4.78, 5) is 11.4. The number of imidazole rings is 1. The Morgan fingerprint density at radius 1 is 1.05 bits per heavy atom. The first-order chi connectivity index (χ1) is 10.9. The maximum absolute atomic E-state index is 9.16. The molecule has 0 amide bonds. The number of rotatable bonds is 3. The molecule has 5 nitrogen and oxygen atoms in total. The van der Waals surface area contributed by atoms with Crippen LogP contribution in [0, 0.1) is 0 Å². The number of hydrogen-bond acceptors (Lipinski definition) is 4. The van der Waals surface area contributed by atoms with E-state index in [0.717, 1.165) is 41.4 Å². The standard InChI is InChI=1S/C17H18N4O/c22-12-13-3-5-14(6-4-13)15-11-19-17-16(18-7-10-21(15)17)20-8-1-2-9-20/h3-7,10-11,22H,1-2,8-9,12H2. The maximum Gasteiger partial charge on any atom is 0.180 e. The quantitative estimate of drug-likeness (QED) is 0.806. The number of nitrogens with zero attached hydrogens (tertiary/aromatic N) is 4. The average Bonchev–Trinajstić information content (AvgIpc) is 3.24. The number of hydrogen-bond donors (Lipinski definition) is 1. The summed E-state index contributed by atoms with van der Waals surface area (Å²) in [6, 6.07) is 7.92. The largest absolute Gasteiger partial charge is 0.392 e. The van der Waals surface area contributed by atoms with Gasteiger partial charge in [0, 0.05) is 31.0 Å². The molecule has 0 radical (unpaired) electrons. The van der Waals surface area contributed by atoms with Gasteiger partial charge < -0.3 is 10.0 Å². The molecule has 0 atom stereocenters. The molecule has 1 N–H and O–H groups in total. The summed E-state index contributed by atoms with van der Waals surface area (Å²) in [6.45, 7) is 2.18. The van der Waals surface area contributed by atoms with Gasteiger partial charge in [0.05, 0.1) is 18.5 Å². The lowest BCUT2D eigenvalue weighted by atomic mass is 10.1. The van der Waals surface area contributed by atoms with Crippen LogP contribution in [0.4, 0.5) is 5.82 Å². The molecule has 3 heterocycles. The predicted molar refractivity (Wildman–Crippen MR) is 85.8 cm³/mol. The Balaban J connectivity index is 1.80. The topological polar surface area (TPSA) is 53.7 Å². The van der Waals surface area contributed by atoms with Gasteiger partial charge in [-0.2, -0.15) is 0 Å². The number of benzene rings is 1. The molecule has 3 aromatic rings. The summed E-state index contributed by atoms with van der Waals surface area (Å²) < 4.78 is 2.09. The van der Waals surface area contributed by atoms with Crippen LogP contribution in [0.1, 0.15) is 18.4 Å². The van der Waals surface area contributed by atoms with Gasteiger partial charge in [-0.15, -0.1) is 0 Å². The van der Waals surface area contributed by atoms with E-state index in [2.05, 4.69) is 19.3 Å². The first kappa shape index (κ1) is 13.3. The van der Waals surface area contributed by atoms with Crippen molar-refractivity contribution in [3.05, 3.63) is 48.4 Å². The van der Waals surface area contributed by atoms with Gasteiger partial charge in [0.25, 0.3) is 0 Å². The lowest BCUT2D eigenvalue weighted by Crippen LogP contribution is -2.19. The Labute approximate surface area is 128 Å². The molecule has 0 aliphatic carbocycles. The molecule has 0 unspecified atom stereocenters. The van der Waals surface area contributed by atoms with E-state index in [1.807, 2.05) is 42.9 Å². The molecule has 0 saturated carbocycles. The summed E-state index contributed by atoms with van der Waals surface area (Å²) in [7, 11) is 0. The number of fused-ring (bicyclic) bond motifs is 1. The minimum absolute atomic E-state index is 0.0659. The highest BCUT2D eigenvalue weighted by molar-refractivity contribution is 5.71. The first-order valence-corrected chi connectivity index (χ1v) is 7.64. The molecule has 112 valence electrons. The van der Waals surface area contributed by atoms with E-state index in [0.29, 0.717) is 0 Å². The van der Waals surface area contributed by atoms with E-state index in [4.69, 9.17) is 5.11 Å². The smallest absolute Gasteiger partial charge is 0.180 e. The zero-order valence-electron chi connectivity index (χ0n) is 12.3. The van der Waals surface area contributed by atoms with Crippen LogP contribution in [0.25, 0.3) is 16.9 Å². The molecular formula is C17H18N4O. The van der Waals surface area contributed by atoms with Crippen molar-refractivity contribution in [2.75, 3.05) is 18.0 Å². The third kappa shape index (κ3) is 2.14. The van der Waals surface area contributed by atoms with E-state index >= 15 is 0 Å². The Kier molecular flexibility index (Phi) is 3.27. The lowest BCUT2D eigenvalue weighted by molar-refractivity contribution is 0.282. The first-order valence-electron chi connectivity index (χ1n) is 7.64. The average molecular weight is 294 g/mol. The van der Waals surface area contributed by atoms with Crippen molar-refractivity contribution in [3.8, 4) is 11.3 Å². The highest BCUT2D eigenvalue weighted by atomic mass is 16.3. The monoisotopic (exact) mass is 294 g/mol. The zero-order chi connectivity index (χ0) is 14.9. The molecule has 0 bridgehead atoms. The SMILES string of the molecule is OCc1ccc(-c2cnc3c(N4CCCC4)nccn23)cc1. The Morgan fingerprint density at radius 3 is 2.55 bits per heavy atom. The minimum atomic E-state index is 0.0659. The van der Waals surface area contributed by atoms with E-state index in [1.54, 1.807) is 0 Å². The van der Waals surface area contributed by atoms with Gasteiger partial charge in [0.1, 0.15) is 0 Å². The predicted octanol–water partition coefficient (Wildman–Crippen LogP) is 2.49. The summed E-state index contributed by atoms with van der Waals surface area (Å²) >= 11 is 0. The second kappa shape index (κ2) is 5.42. The van der Waals surface area contributed by atoms with Crippen molar-refractivity contribution < 1.29 is 5.11 Å². The second-order valence-corrected chi connectivity index (χ2v) is 5.64. The molecule has 2 aromatic heterocycles. The highest BCUT2D eigenvalue weighted by Gasteiger charge is 2.18. The maximum atomic E-state index is 9.16. The number of aromatic nitrogens is 3. The van der Waals surface area contributed by atoms with E-state index < -0.39 is 0 Å². The van der Waals surface area contributed by atoms with E-state index in [1.165, 1.54) is 12.8 Å². The van der Waals surface area contributed by atoms with Gasteiger partial charge in [0.15, 0.2) is 11.5 Å². The van der Waals surface area contributed by atoms with Crippen molar-refractivity contribution >= 4 is 11.5 Å². The molecule has 4 rings (SSSR count). The van der Waals surface area contributed by atoms with E-state index in [9.17, 15) is 0 Å². The van der Waals surface area contributed by atoms with Crippen LogP contribution < -0.4 is 4.90 Å². The van der Waals surface area contributed by atoms with Crippen LogP contribution in [0.2, 0.25) is 0 Å². The molecule has 1 aliphatic heterocycles. The third-order valence-corrected chi connectivity index (χ3v) is 4.25. The van der Waals surface area contributed by atoms with Gasteiger partial charge >= 0.3 is 0 Å². The molecule has 5 heteroatoms. The highest BCUT2D eigenvalue weighted by Crippen LogP contribution is 2.27. The zero-order valence-corrected chi connectivity index (χ0v) is 12.3. The van der Waals surface area contributed by atoms with Gasteiger partial charge in [0.2, 0.25) is 0 Å². The minimum Gasteiger partial charge on any atom is -0.392 e. The Morgan fingerprint density at radius 2 is 1.82 bits per heavy atom. The van der Waals surface area contributed by atoms with Crippen molar-refractivity contribution in [1.82, 2.24) is 14.4 Å². The molecule has 1 aromatic carbocycles. The molecule has 1 aliphatic rings.